The van der Waals surface area contributed by atoms with Crippen molar-refractivity contribution in [2.45, 2.75) is 12.6 Å². The maximum Gasteiger partial charge on any atom is 0.200 e. The first-order chi connectivity index (χ1) is 7.54. The average Bonchev–Trinajstić information content (AvgIpc) is 2.22. The topological polar surface area (TPSA) is 78.9 Å². The molecule has 5 nitrogen and oxygen atoms in total. The summed E-state index contributed by atoms with van der Waals surface area (Å²) in [4.78, 5) is 2.06. The van der Waals surface area contributed by atoms with Crippen LogP contribution < -0.4 is 10.5 Å². The summed E-state index contributed by atoms with van der Waals surface area (Å²) < 4.78 is 4.99. The Morgan fingerprint density at radius 1 is 1.44 bits per heavy atom. The molecule has 4 N–H and O–H groups in total. The lowest BCUT2D eigenvalue weighted by Gasteiger charge is -2.31. The van der Waals surface area contributed by atoms with Gasteiger partial charge in [0.2, 0.25) is 5.75 Å². The Labute approximate surface area is 94.1 Å². The van der Waals surface area contributed by atoms with Crippen molar-refractivity contribution in [2.24, 2.45) is 5.73 Å². The molecule has 1 aliphatic heterocycles. The first kappa shape index (κ1) is 11.0. The summed E-state index contributed by atoms with van der Waals surface area (Å²) in [7, 11) is 3.41. The van der Waals surface area contributed by atoms with Gasteiger partial charge in [0, 0.05) is 24.7 Å². The molecule has 1 aromatic rings. The molecule has 0 aromatic heterocycles. The van der Waals surface area contributed by atoms with E-state index in [1.807, 2.05) is 7.05 Å². The third-order valence-electron chi connectivity index (χ3n) is 2.90. The van der Waals surface area contributed by atoms with Crippen LogP contribution in [-0.4, -0.2) is 35.8 Å². The molecule has 1 aromatic carbocycles. The van der Waals surface area contributed by atoms with Gasteiger partial charge in [-0.15, -0.1) is 0 Å². The van der Waals surface area contributed by atoms with Crippen LogP contribution >= 0.6 is 0 Å². The van der Waals surface area contributed by atoms with Gasteiger partial charge >= 0.3 is 0 Å². The van der Waals surface area contributed by atoms with Gasteiger partial charge in [-0.05, 0) is 18.7 Å². The summed E-state index contributed by atoms with van der Waals surface area (Å²) in [6, 6.07) is 1.44. The molecule has 0 saturated carbocycles. The SMILES string of the molecule is COc1cc2c(c(O)c1O)C(N)CN(C)C2. The highest BCUT2D eigenvalue weighted by molar-refractivity contribution is 5.59. The number of aromatic hydroxyl groups is 2. The Hall–Kier alpha value is -1.46. The number of nitrogens with two attached hydrogens (primary N) is 1. The first-order valence-corrected chi connectivity index (χ1v) is 5.10. The van der Waals surface area contributed by atoms with Crippen molar-refractivity contribution >= 4 is 0 Å². The molecular formula is C11H16N2O3. The number of ether oxygens (including phenoxy) is 1. The summed E-state index contributed by atoms with van der Waals surface area (Å²) >= 11 is 0. The van der Waals surface area contributed by atoms with Gasteiger partial charge in [0.15, 0.2) is 11.5 Å². The Kier molecular flexibility index (Phi) is 2.65. The molecular weight excluding hydrogens is 208 g/mol. The standard InChI is InChI=1S/C11H16N2O3/c1-13-4-6-3-8(16-2)10(14)11(15)9(6)7(12)5-13/h3,7,14-15H,4-5,12H2,1-2H3. The van der Waals surface area contributed by atoms with Gasteiger partial charge in [-0.2, -0.15) is 0 Å². The molecule has 1 atom stereocenters. The number of likely N-dealkylation sites (N-methyl/N-ethyl adjacent to an activating group) is 1. The van der Waals surface area contributed by atoms with E-state index in [2.05, 4.69) is 4.90 Å². The van der Waals surface area contributed by atoms with Gasteiger partial charge in [0.05, 0.1) is 7.11 Å². The monoisotopic (exact) mass is 224 g/mol. The van der Waals surface area contributed by atoms with Crippen molar-refractivity contribution in [3.8, 4) is 17.2 Å². The van der Waals surface area contributed by atoms with Crippen molar-refractivity contribution in [1.82, 2.24) is 4.90 Å². The van der Waals surface area contributed by atoms with E-state index in [4.69, 9.17) is 10.5 Å². The quantitative estimate of drug-likeness (QED) is 0.607. The summed E-state index contributed by atoms with van der Waals surface area (Å²) in [5.41, 5.74) is 7.46. The maximum atomic E-state index is 9.88. The second kappa shape index (κ2) is 3.84. The number of phenolic OH excluding ortho intramolecular Hbond substituents is 2. The van der Waals surface area contributed by atoms with Crippen LogP contribution in [0.15, 0.2) is 6.07 Å². The third kappa shape index (κ3) is 1.58. The first-order valence-electron chi connectivity index (χ1n) is 5.10. The summed E-state index contributed by atoms with van der Waals surface area (Å²) in [5.74, 6) is -0.116. The third-order valence-corrected chi connectivity index (χ3v) is 2.90. The predicted molar refractivity (Wildman–Crippen MR) is 59.6 cm³/mol. The second-order valence-corrected chi connectivity index (χ2v) is 4.15. The van der Waals surface area contributed by atoms with Crippen LogP contribution in [0.1, 0.15) is 17.2 Å². The maximum absolute atomic E-state index is 9.88. The lowest BCUT2D eigenvalue weighted by Crippen LogP contribution is -2.34. The molecule has 0 saturated heterocycles. The van der Waals surface area contributed by atoms with Crippen LogP contribution in [0.4, 0.5) is 0 Å². The van der Waals surface area contributed by atoms with E-state index >= 15 is 0 Å². The Morgan fingerprint density at radius 2 is 2.12 bits per heavy atom. The van der Waals surface area contributed by atoms with E-state index < -0.39 is 0 Å². The summed E-state index contributed by atoms with van der Waals surface area (Å²) in [5, 5.41) is 19.6. The van der Waals surface area contributed by atoms with Crippen LogP contribution in [-0.2, 0) is 6.54 Å². The molecule has 1 unspecified atom stereocenters. The Balaban J connectivity index is 2.59. The number of hydrogen-bond donors (Lipinski definition) is 3. The van der Waals surface area contributed by atoms with Gasteiger partial charge in [-0.1, -0.05) is 0 Å². The van der Waals surface area contributed by atoms with Gasteiger partial charge in [0.1, 0.15) is 0 Å². The molecule has 0 spiro atoms. The van der Waals surface area contributed by atoms with E-state index in [1.54, 1.807) is 6.07 Å². The normalized spacial score (nSPS) is 20.6. The molecule has 5 heteroatoms. The highest BCUT2D eigenvalue weighted by Crippen LogP contribution is 2.44. The van der Waals surface area contributed by atoms with Crippen LogP contribution in [0.3, 0.4) is 0 Å². The second-order valence-electron chi connectivity index (χ2n) is 4.15. The minimum absolute atomic E-state index is 0.157. The number of benzene rings is 1. The molecule has 0 amide bonds. The van der Waals surface area contributed by atoms with Crippen LogP contribution in [0.5, 0.6) is 17.2 Å². The number of nitrogens with zero attached hydrogens (tertiary/aromatic N) is 1. The molecule has 16 heavy (non-hydrogen) atoms. The highest BCUT2D eigenvalue weighted by Gasteiger charge is 2.27. The molecule has 0 fully saturated rings. The fourth-order valence-corrected chi connectivity index (χ4v) is 2.18. The van der Waals surface area contributed by atoms with Crippen LogP contribution in [0, 0.1) is 0 Å². The average molecular weight is 224 g/mol. The van der Waals surface area contributed by atoms with Gasteiger partial charge in [-0.25, -0.2) is 0 Å². The van der Waals surface area contributed by atoms with E-state index in [0.717, 1.165) is 5.56 Å². The smallest absolute Gasteiger partial charge is 0.200 e. The number of methoxy groups -OCH3 is 1. The Bertz CT molecular complexity index is 420. The molecule has 1 aliphatic rings. The fourth-order valence-electron chi connectivity index (χ4n) is 2.18. The van der Waals surface area contributed by atoms with E-state index in [0.29, 0.717) is 18.7 Å². The van der Waals surface area contributed by atoms with Crippen molar-refractivity contribution in [1.29, 1.82) is 0 Å². The van der Waals surface area contributed by atoms with E-state index in [1.165, 1.54) is 7.11 Å². The summed E-state index contributed by atoms with van der Waals surface area (Å²) in [6.45, 7) is 1.35. The van der Waals surface area contributed by atoms with Gasteiger partial charge in [0.25, 0.3) is 0 Å². The lowest BCUT2D eigenvalue weighted by atomic mass is 9.94. The van der Waals surface area contributed by atoms with Gasteiger partial charge in [-0.3, -0.25) is 0 Å². The number of phenols is 2. The zero-order valence-corrected chi connectivity index (χ0v) is 9.40. The predicted octanol–water partition coefficient (Wildman–Crippen LogP) is 0.552. The molecule has 0 bridgehead atoms. The van der Waals surface area contributed by atoms with Crippen molar-refractivity contribution in [3.05, 3.63) is 17.2 Å². The Morgan fingerprint density at radius 3 is 2.75 bits per heavy atom. The fraction of sp³-hybridized carbons (Fsp3) is 0.455. The number of hydrogen-bond acceptors (Lipinski definition) is 5. The minimum atomic E-state index is -0.287. The van der Waals surface area contributed by atoms with Crippen LogP contribution in [0.25, 0.3) is 0 Å². The number of rotatable bonds is 1. The number of fused-ring (bicyclic) bond motifs is 1. The largest absolute Gasteiger partial charge is 0.504 e. The molecule has 88 valence electrons. The molecule has 1 heterocycles. The molecule has 0 radical (unpaired) electrons. The zero-order chi connectivity index (χ0) is 11.9. The van der Waals surface area contributed by atoms with E-state index in [9.17, 15) is 10.2 Å². The van der Waals surface area contributed by atoms with Crippen molar-refractivity contribution in [3.63, 3.8) is 0 Å². The molecule has 0 aliphatic carbocycles. The van der Waals surface area contributed by atoms with Crippen molar-refractivity contribution in [2.75, 3.05) is 20.7 Å². The van der Waals surface area contributed by atoms with Crippen LogP contribution in [0.2, 0.25) is 0 Å². The molecule has 2 rings (SSSR count). The summed E-state index contributed by atoms with van der Waals surface area (Å²) in [6.07, 6.45) is 0. The minimum Gasteiger partial charge on any atom is -0.504 e. The van der Waals surface area contributed by atoms with Crippen molar-refractivity contribution < 1.29 is 14.9 Å². The van der Waals surface area contributed by atoms with Gasteiger partial charge < -0.3 is 25.6 Å². The lowest BCUT2D eigenvalue weighted by molar-refractivity contribution is 0.272. The van der Waals surface area contributed by atoms with E-state index in [-0.39, 0.29) is 23.3 Å². The highest BCUT2D eigenvalue weighted by atomic mass is 16.5. The zero-order valence-electron chi connectivity index (χ0n) is 9.40.